The van der Waals surface area contributed by atoms with Crippen LogP contribution in [0.15, 0.2) is 30.5 Å². The zero-order chi connectivity index (χ0) is 14.1. The van der Waals surface area contributed by atoms with Gasteiger partial charge < -0.3 is 4.52 Å². The summed E-state index contributed by atoms with van der Waals surface area (Å²) in [7, 11) is -2.10. The van der Waals surface area contributed by atoms with Crippen molar-refractivity contribution in [2.75, 3.05) is 7.11 Å². The van der Waals surface area contributed by atoms with Crippen molar-refractivity contribution in [3.05, 3.63) is 30.5 Å². The monoisotopic (exact) mass is 280 g/mol. The number of hydrogen-bond donors (Lipinski definition) is 0. The van der Waals surface area contributed by atoms with Crippen molar-refractivity contribution in [3.63, 3.8) is 0 Å². The van der Waals surface area contributed by atoms with Gasteiger partial charge in [0.2, 0.25) is 0 Å². The lowest BCUT2D eigenvalue weighted by molar-refractivity contribution is 0.108. The highest BCUT2D eigenvalue weighted by Crippen LogP contribution is 2.48. The van der Waals surface area contributed by atoms with Crippen LogP contribution < -0.4 is 5.44 Å². The lowest BCUT2D eigenvalue weighted by Crippen LogP contribution is -2.24. The van der Waals surface area contributed by atoms with Crippen molar-refractivity contribution in [2.45, 2.75) is 26.4 Å². The van der Waals surface area contributed by atoms with Gasteiger partial charge in [0, 0.05) is 7.11 Å². The first-order valence-electron chi connectivity index (χ1n) is 5.93. The SMILES string of the molecule is COP(=O)(OC(C)(C)C)c1cnc2ccccc2n1. The van der Waals surface area contributed by atoms with Crippen molar-refractivity contribution in [3.8, 4) is 0 Å². The Morgan fingerprint density at radius 2 is 1.79 bits per heavy atom. The fourth-order valence-corrected chi connectivity index (χ4v) is 3.12. The molecule has 1 aromatic carbocycles. The second-order valence-electron chi connectivity index (χ2n) is 5.10. The Morgan fingerprint density at radius 1 is 1.16 bits per heavy atom. The molecule has 1 heterocycles. The van der Waals surface area contributed by atoms with E-state index in [9.17, 15) is 4.57 Å². The average Bonchev–Trinajstić information content (AvgIpc) is 2.36. The molecular weight excluding hydrogens is 263 g/mol. The Morgan fingerprint density at radius 3 is 2.37 bits per heavy atom. The second-order valence-corrected chi connectivity index (χ2v) is 7.10. The molecule has 1 unspecified atom stereocenters. The maximum absolute atomic E-state index is 12.7. The molecule has 0 radical (unpaired) electrons. The van der Waals surface area contributed by atoms with E-state index in [1.807, 2.05) is 45.0 Å². The summed E-state index contributed by atoms with van der Waals surface area (Å²) in [5.41, 5.74) is 1.03. The third-order valence-electron chi connectivity index (χ3n) is 2.35. The molecule has 6 heteroatoms. The summed E-state index contributed by atoms with van der Waals surface area (Å²) in [5, 5.41) is 0. The van der Waals surface area contributed by atoms with Crippen LogP contribution in [-0.2, 0) is 13.6 Å². The largest absolute Gasteiger partial charge is 0.381 e. The highest BCUT2D eigenvalue weighted by molar-refractivity contribution is 7.61. The lowest BCUT2D eigenvalue weighted by Gasteiger charge is -2.25. The minimum Gasteiger partial charge on any atom is -0.307 e. The fourth-order valence-electron chi connectivity index (χ4n) is 1.62. The van der Waals surface area contributed by atoms with Crippen LogP contribution in [0.1, 0.15) is 20.8 Å². The van der Waals surface area contributed by atoms with Gasteiger partial charge in [0.15, 0.2) is 5.44 Å². The van der Waals surface area contributed by atoms with E-state index in [1.165, 1.54) is 13.3 Å². The zero-order valence-electron chi connectivity index (χ0n) is 11.5. The van der Waals surface area contributed by atoms with Gasteiger partial charge in [-0.1, -0.05) is 12.1 Å². The summed E-state index contributed by atoms with van der Waals surface area (Å²) in [6.45, 7) is 5.44. The summed E-state index contributed by atoms with van der Waals surface area (Å²) in [6.07, 6.45) is 1.44. The number of fused-ring (bicyclic) bond motifs is 1. The lowest BCUT2D eigenvalue weighted by atomic mass is 10.2. The molecule has 0 N–H and O–H groups in total. The van der Waals surface area contributed by atoms with Gasteiger partial charge in [-0.3, -0.25) is 14.1 Å². The van der Waals surface area contributed by atoms with Crippen LogP contribution in [0, 0.1) is 0 Å². The van der Waals surface area contributed by atoms with Gasteiger partial charge in [-0.05, 0) is 32.9 Å². The molecule has 2 aromatic rings. The average molecular weight is 280 g/mol. The first-order valence-corrected chi connectivity index (χ1v) is 7.47. The van der Waals surface area contributed by atoms with Gasteiger partial charge in [0.05, 0.1) is 22.8 Å². The maximum Gasteiger partial charge on any atom is 0.381 e. The van der Waals surface area contributed by atoms with E-state index in [0.29, 0.717) is 5.52 Å². The van der Waals surface area contributed by atoms with E-state index < -0.39 is 13.2 Å². The Bertz CT molecular complexity index is 637. The molecule has 1 aromatic heterocycles. The molecule has 1 atom stereocenters. The minimum atomic E-state index is -3.45. The van der Waals surface area contributed by atoms with Crippen LogP contribution in [0.3, 0.4) is 0 Å². The first-order chi connectivity index (χ1) is 8.84. The van der Waals surface area contributed by atoms with Gasteiger partial charge in [-0.2, -0.15) is 0 Å². The van der Waals surface area contributed by atoms with Crippen LogP contribution in [0.2, 0.25) is 0 Å². The molecule has 0 fully saturated rings. The Labute approximate surface area is 112 Å². The molecule has 0 saturated heterocycles. The van der Waals surface area contributed by atoms with E-state index in [1.54, 1.807) is 0 Å². The summed E-state index contributed by atoms with van der Waals surface area (Å²) < 4.78 is 23.3. The van der Waals surface area contributed by atoms with Gasteiger partial charge in [-0.25, -0.2) is 4.98 Å². The quantitative estimate of drug-likeness (QED) is 0.809. The van der Waals surface area contributed by atoms with E-state index in [2.05, 4.69) is 9.97 Å². The molecular formula is C13H17N2O3P. The molecule has 0 bridgehead atoms. The molecule has 0 amide bonds. The molecule has 2 rings (SSSR count). The number of rotatable bonds is 3. The number of hydrogen-bond acceptors (Lipinski definition) is 5. The number of nitrogens with zero attached hydrogens (tertiary/aromatic N) is 2. The predicted octanol–water partition coefficient (Wildman–Crippen LogP) is 2.91. The van der Waals surface area contributed by atoms with E-state index in [0.717, 1.165) is 5.52 Å². The van der Waals surface area contributed by atoms with Crippen molar-refractivity contribution < 1.29 is 13.6 Å². The van der Waals surface area contributed by atoms with Crippen LogP contribution in [0.4, 0.5) is 0 Å². The Balaban J connectivity index is 2.49. The van der Waals surface area contributed by atoms with Gasteiger partial charge in [-0.15, -0.1) is 0 Å². The summed E-state index contributed by atoms with van der Waals surface area (Å²) in [6, 6.07) is 7.37. The fraction of sp³-hybridized carbons (Fsp3) is 0.385. The highest BCUT2D eigenvalue weighted by Gasteiger charge is 2.34. The number of aromatic nitrogens is 2. The predicted molar refractivity (Wildman–Crippen MR) is 74.6 cm³/mol. The van der Waals surface area contributed by atoms with E-state index in [-0.39, 0.29) is 5.44 Å². The second kappa shape index (κ2) is 5.00. The third-order valence-corrected chi connectivity index (χ3v) is 4.40. The molecule has 0 aliphatic carbocycles. The van der Waals surface area contributed by atoms with Crippen molar-refractivity contribution in [1.82, 2.24) is 9.97 Å². The van der Waals surface area contributed by atoms with Crippen LogP contribution >= 0.6 is 7.60 Å². The van der Waals surface area contributed by atoms with E-state index in [4.69, 9.17) is 9.05 Å². The topological polar surface area (TPSA) is 61.3 Å². The molecule has 19 heavy (non-hydrogen) atoms. The highest BCUT2D eigenvalue weighted by atomic mass is 31.2. The normalized spacial score (nSPS) is 15.4. The summed E-state index contributed by atoms with van der Waals surface area (Å²) in [4.78, 5) is 8.56. The Kier molecular flexibility index (Phi) is 3.72. The molecule has 0 spiro atoms. The van der Waals surface area contributed by atoms with Gasteiger partial charge in [0.25, 0.3) is 0 Å². The van der Waals surface area contributed by atoms with E-state index >= 15 is 0 Å². The summed E-state index contributed by atoms with van der Waals surface area (Å²) in [5.74, 6) is 0. The first kappa shape index (κ1) is 14.1. The van der Waals surface area contributed by atoms with Gasteiger partial charge >= 0.3 is 7.60 Å². The molecule has 5 nitrogen and oxygen atoms in total. The van der Waals surface area contributed by atoms with Crippen molar-refractivity contribution >= 4 is 24.1 Å². The molecule has 102 valence electrons. The van der Waals surface area contributed by atoms with Crippen LogP contribution in [0.25, 0.3) is 11.0 Å². The summed E-state index contributed by atoms with van der Waals surface area (Å²) >= 11 is 0. The maximum atomic E-state index is 12.7. The Hall–Kier alpha value is -1.29. The van der Waals surface area contributed by atoms with Crippen LogP contribution in [-0.4, -0.2) is 22.7 Å². The smallest absolute Gasteiger partial charge is 0.307 e. The third kappa shape index (κ3) is 3.18. The standard InChI is InChI=1S/C13H17N2O3P/c1-13(2,3)18-19(16,17-4)12-9-14-10-7-5-6-8-11(10)15-12/h5-9H,1-4H3. The molecule has 0 aliphatic rings. The number of benzene rings is 1. The zero-order valence-corrected chi connectivity index (χ0v) is 12.3. The molecule has 0 aliphatic heterocycles. The molecule has 0 saturated carbocycles. The van der Waals surface area contributed by atoms with Gasteiger partial charge in [0.1, 0.15) is 0 Å². The van der Waals surface area contributed by atoms with Crippen LogP contribution in [0.5, 0.6) is 0 Å². The number of para-hydroxylation sites is 2. The van der Waals surface area contributed by atoms with Crippen molar-refractivity contribution in [2.24, 2.45) is 0 Å². The van der Waals surface area contributed by atoms with Crippen molar-refractivity contribution in [1.29, 1.82) is 0 Å². The minimum absolute atomic E-state index is 0.226.